The number of hydrogen-bond donors (Lipinski definition) is 1. The molecule has 90 valence electrons. The van der Waals surface area contributed by atoms with Gasteiger partial charge in [-0.15, -0.1) is 0 Å². The highest BCUT2D eigenvalue weighted by Crippen LogP contribution is 2.10. The lowest BCUT2D eigenvalue weighted by atomic mass is 10.2. The van der Waals surface area contributed by atoms with Gasteiger partial charge in [-0.2, -0.15) is 16.7 Å². The van der Waals surface area contributed by atoms with E-state index in [1.165, 1.54) is 11.8 Å². The van der Waals surface area contributed by atoms with Crippen molar-refractivity contribution in [1.29, 1.82) is 0 Å². The van der Waals surface area contributed by atoms with Gasteiger partial charge in [-0.3, -0.25) is 4.79 Å². The summed E-state index contributed by atoms with van der Waals surface area (Å²) in [6.07, 6.45) is 2.50. The van der Waals surface area contributed by atoms with Gasteiger partial charge in [0.1, 0.15) is 0 Å². The smallest absolute Gasteiger partial charge is 0.229 e. The molecule has 0 aliphatic rings. The molecule has 0 aliphatic carbocycles. The van der Waals surface area contributed by atoms with Crippen LogP contribution in [0.4, 0.5) is 0 Å². The van der Waals surface area contributed by atoms with Gasteiger partial charge >= 0.3 is 0 Å². The second kappa shape index (κ2) is 6.52. The summed E-state index contributed by atoms with van der Waals surface area (Å²) in [6, 6.07) is 0. The summed E-state index contributed by atoms with van der Waals surface area (Å²) in [4.78, 5) is 15.4. The van der Waals surface area contributed by atoms with Crippen molar-refractivity contribution in [1.82, 2.24) is 15.5 Å². The molecular formula is C10H17N3O2S. The third kappa shape index (κ3) is 4.22. The van der Waals surface area contributed by atoms with Crippen molar-refractivity contribution in [2.24, 2.45) is 0 Å². The van der Waals surface area contributed by atoms with E-state index in [9.17, 15) is 4.79 Å². The summed E-state index contributed by atoms with van der Waals surface area (Å²) in [5.41, 5.74) is 0. The van der Waals surface area contributed by atoms with E-state index in [1.54, 1.807) is 0 Å². The van der Waals surface area contributed by atoms with Crippen LogP contribution in [-0.4, -0.2) is 34.6 Å². The molecule has 0 saturated carbocycles. The number of carbonyl (C=O) groups is 1. The third-order valence-corrected chi connectivity index (χ3v) is 2.47. The van der Waals surface area contributed by atoms with Crippen molar-refractivity contribution < 1.29 is 9.32 Å². The molecule has 5 nitrogen and oxygen atoms in total. The first kappa shape index (κ1) is 13.0. The molecule has 0 bridgehead atoms. The Morgan fingerprint density at radius 3 is 2.88 bits per heavy atom. The quantitative estimate of drug-likeness (QED) is 0.813. The van der Waals surface area contributed by atoms with E-state index >= 15 is 0 Å². The molecule has 0 aliphatic heterocycles. The number of rotatable bonds is 6. The number of amides is 1. The molecule has 1 heterocycles. The largest absolute Gasteiger partial charge is 0.355 e. The summed E-state index contributed by atoms with van der Waals surface area (Å²) in [5, 5.41) is 6.63. The van der Waals surface area contributed by atoms with Crippen LogP contribution in [0, 0.1) is 0 Å². The summed E-state index contributed by atoms with van der Waals surface area (Å²) >= 11 is 1.50. The second-order valence-corrected chi connectivity index (χ2v) is 4.60. The van der Waals surface area contributed by atoms with E-state index in [2.05, 4.69) is 15.5 Å². The maximum absolute atomic E-state index is 11.2. The lowest BCUT2D eigenvalue weighted by Crippen LogP contribution is -2.27. The molecule has 0 saturated heterocycles. The summed E-state index contributed by atoms with van der Waals surface area (Å²) in [7, 11) is 0. The first-order valence-electron chi connectivity index (χ1n) is 5.21. The highest BCUT2D eigenvalue weighted by molar-refractivity contribution is 7.99. The van der Waals surface area contributed by atoms with Gasteiger partial charge in [-0.05, 0) is 6.26 Å². The predicted molar refractivity (Wildman–Crippen MR) is 63.5 cm³/mol. The lowest BCUT2D eigenvalue weighted by Gasteiger charge is -2.00. The number of hydrogen-bond acceptors (Lipinski definition) is 5. The van der Waals surface area contributed by atoms with Crippen molar-refractivity contribution in [2.75, 3.05) is 18.6 Å². The minimum Gasteiger partial charge on any atom is -0.355 e. The minimum absolute atomic E-state index is 0.0417. The Kier molecular flexibility index (Phi) is 5.31. The van der Waals surface area contributed by atoms with Crippen LogP contribution in [0.2, 0.25) is 0 Å². The van der Waals surface area contributed by atoms with Gasteiger partial charge in [-0.1, -0.05) is 19.0 Å². The van der Waals surface area contributed by atoms with Crippen molar-refractivity contribution in [3.8, 4) is 0 Å². The molecule has 0 radical (unpaired) electrons. The molecule has 16 heavy (non-hydrogen) atoms. The molecule has 0 aromatic carbocycles. The molecule has 6 heteroatoms. The van der Waals surface area contributed by atoms with Crippen LogP contribution in [0.3, 0.4) is 0 Å². The average Bonchev–Trinajstić information content (AvgIpc) is 2.67. The Morgan fingerprint density at radius 1 is 1.56 bits per heavy atom. The fourth-order valence-corrected chi connectivity index (χ4v) is 1.46. The fourth-order valence-electron chi connectivity index (χ4n) is 1.10. The van der Waals surface area contributed by atoms with Crippen LogP contribution in [-0.2, 0) is 11.2 Å². The number of carbonyl (C=O) groups excluding carboxylic acids is 1. The van der Waals surface area contributed by atoms with Crippen molar-refractivity contribution in [2.45, 2.75) is 26.2 Å². The molecule has 0 spiro atoms. The van der Waals surface area contributed by atoms with E-state index in [4.69, 9.17) is 4.52 Å². The second-order valence-electron chi connectivity index (χ2n) is 3.74. The van der Waals surface area contributed by atoms with Crippen LogP contribution in [0.5, 0.6) is 0 Å². The Bertz CT molecular complexity index is 339. The normalized spacial score (nSPS) is 10.8. The maximum atomic E-state index is 11.2. The zero-order valence-electron chi connectivity index (χ0n) is 9.82. The van der Waals surface area contributed by atoms with E-state index in [0.29, 0.717) is 30.4 Å². The number of nitrogens with zero attached hydrogens (tertiary/aromatic N) is 2. The van der Waals surface area contributed by atoms with Gasteiger partial charge in [0, 0.05) is 18.9 Å². The predicted octanol–water partition coefficient (Wildman–Crippen LogP) is 1.21. The standard InChI is InChI=1S/C10H17N3O2S/c1-7(2)10-12-8(13-15-10)4-5-11-9(14)6-16-3/h7H,4-6H2,1-3H3,(H,11,14). The molecule has 0 fully saturated rings. The number of aromatic nitrogens is 2. The SMILES string of the molecule is CSCC(=O)NCCc1noc(C(C)C)n1. The highest BCUT2D eigenvalue weighted by Gasteiger charge is 2.09. The molecule has 0 unspecified atom stereocenters. The third-order valence-electron chi connectivity index (χ3n) is 1.92. The van der Waals surface area contributed by atoms with Crippen molar-refractivity contribution in [3.05, 3.63) is 11.7 Å². The van der Waals surface area contributed by atoms with Gasteiger partial charge in [0.25, 0.3) is 0 Å². The van der Waals surface area contributed by atoms with E-state index in [-0.39, 0.29) is 11.8 Å². The molecule has 1 rings (SSSR count). The minimum atomic E-state index is 0.0417. The van der Waals surface area contributed by atoms with Crippen molar-refractivity contribution >= 4 is 17.7 Å². The zero-order chi connectivity index (χ0) is 12.0. The lowest BCUT2D eigenvalue weighted by molar-refractivity contribution is -0.118. The molecule has 1 aromatic heterocycles. The topological polar surface area (TPSA) is 68.0 Å². The van der Waals surface area contributed by atoms with E-state index < -0.39 is 0 Å². The average molecular weight is 243 g/mol. The summed E-state index contributed by atoms with van der Waals surface area (Å²) in [5.74, 6) is 2.06. The van der Waals surface area contributed by atoms with Crippen LogP contribution in [0.1, 0.15) is 31.5 Å². The van der Waals surface area contributed by atoms with Crippen LogP contribution in [0.15, 0.2) is 4.52 Å². The van der Waals surface area contributed by atoms with Crippen LogP contribution < -0.4 is 5.32 Å². The van der Waals surface area contributed by atoms with Crippen molar-refractivity contribution in [3.63, 3.8) is 0 Å². The molecule has 1 N–H and O–H groups in total. The molecule has 0 atom stereocenters. The molecule has 1 aromatic rings. The Balaban J connectivity index is 2.29. The zero-order valence-corrected chi connectivity index (χ0v) is 10.6. The molecular weight excluding hydrogens is 226 g/mol. The number of thioether (sulfide) groups is 1. The maximum Gasteiger partial charge on any atom is 0.229 e. The van der Waals surface area contributed by atoms with Crippen LogP contribution in [0.25, 0.3) is 0 Å². The summed E-state index contributed by atoms with van der Waals surface area (Å²) in [6.45, 7) is 4.55. The molecule has 1 amide bonds. The van der Waals surface area contributed by atoms with Gasteiger partial charge in [-0.25, -0.2) is 0 Å². The Morgan fingerprint density at radius 2 is 2.31 bits per heavy atom. The number of nitrogens with one attached hydrogen (secondary N) is 1. The van der Waals surface area contributed by atoms with Gasteiger partial charge < -0.3 is 9.84 Å². The highest BCUT2D eigenvalue weighted by atomic mass is 32.2. The van der Waals surface area contributed by atoms with E-state index in [1.807, 2.05) is 20.1 Å². The fraction of sp³-hybridized carbons (Fsp3) is 0.700. The first-order valence-corrected chi connectivity index (χ1v) is 6.61. The van der Waals surface area contributed by atoms with Crippen LogP contribution >= 0.6 is 11.8 Å². The first-order chi connectivity index (χ1) is 7.63. The monoisotopic (exact) mass is 243 g/mol. The van der Waals surface area contributed by atoms with Gasteiger partial charge in [0.05, 0.1) is 5.75 Å². The van der Waals surface area contributed by atoms with Gasteiger partial charge in [0.2, 0.25) is 11.8 Å². The Labute approximate surface area is 99.4 Å². The Hall–Kier alpha value is -1.04. The summed E-state index contributed by atoms with van der Waals surface area (Å²) < 4.78 is 5.05. The van der Waals surface area contributed by atoms with E-state index in [0.717, 1.165) is 0 Å². The van der Waals surface area contributed by atoms with Gasteiger partial charge in [0.15, 0.2) is 5.82 Å².